The highest BCUT2D eigenvalue weighted by molar-refractivity contribution is 5.97. The second-order valence-electron chi connectivity index (χ2n) is 5.82. The van der Waals surface area contributed by atoms with Crippen molar-refractivity contribution in [2.45, 2.75) is 39.5 Å². The van der Waals surface area contributed by atoms with Crippen molar-refractivity contribution in [2.24, 2.45) is 5.92 Å². The maximum absolute atomic E-state index is 11.9. The Labute approximate surface area is 131 Å². The van der Waals surface area contributed by atoms with Gasteiger partial charge in [0.1, 0.15) is 0 Å². The Kier molecular flexibility index (Phi) is 5.95. The van der Waals surface area contributed by atoms with Gasteiger partial charge in [-0.15, -0.1) is 0 Å². The summed E-state index contributed by atoms with van der Waals surface area (Å²) in [5.41, 5.74) is 2.41. The van der Waals surface area contributed by atoms with Crippen molar-refractivity contribution >= 4 is 23.2 Å². The van der Waals surface area contributed by atoms with E-state index in [2.05, 4.69) is 22.9 Å². The normalized spacial score (nSPS) is 13.7. The molecule has 2 rings (SSSR count). The minimum Gasteiger partial charge on any atom is -0.326 e. The van der Waals surface area contributed by atoms with E-state index in [9.17, 15) is 9.59 Å². The fourth-order valence-corrected chi connectivity index (χ4v) is 2.18. The third kappa shape index (κ3) is 4.84. The molecule has 1 aromatic rings. The predicted octanol–water partition coefficient (Wildman–Crippen LogP) is 2.67. The lowest BCUT2D eigenvalue weighted by molar-refractivity contribution is -0.117. The van der Waals surface area contributed by atoms with Gasteiger partial charge >= 0.3 is 0 Å². The van der Waals surface area contributed by atoms with Crippen LogP contribution < -0.4 is 16.0 Å². The number of benzene rings is 1. The lowest BCUT2D eigenvalue weighted by Crippen LogP contribution is -2.29. The maximum atomic E-state index is 11.9. The van der Waals surface area contributed by atoms with Crippen LogP contribution in [0.3, 0.4) is 0 Å². The minimum atomic E-state index is -0.0649. The van der Waals surface area contributed by atoms with E-state index in [0.717, 1.165) is 49.2 Å². The first-order valence-corrected chi connectivity index (χ1v) is 8.03. The molecule has 1 aliphatic carbocycles. The summed E-state index contributed by atoms with van der Waals surface area (Å²) in [5, 5.41) is 8.95. The molecule has 22 heavy (non-hydrogen) atoms. The van der Waals surface area contributed by atoms with Crippen molar-refractivity contribution in [1.29, 1.82) is 0 Å². The van der Waals surface area contributed by atoms with Gasteiger partial charge in [-0.3, -0.25) is 9.59 Å². The van der Waals surface area contributed by atoms with E-state index >= 15 is 0 Å². The number of carbonyl (C=O) groups is 2. The van der Waals surface area contributed by atoms with Crippen LogP contribution in [0.2, 0.25) is 0 Å². The molecular weight excluding hydrogens is 278 g/mol. The van der Waals surface area contributed by atoms with Crippen molar-refractivity contribution < 1.29 is 9.59 Å². The second kappa shape index (κ2) is 7.94. The fraction of sp³-hybridized carbons (Fsp3) is 0.529. The van der Waals surface area contributed by atoms with Gasteiger partial charge in [0, 0.05) is 17.3 Å². The van der Waals surface area contributed by atoms with Crippen LogP contribution in [0, 0.1) is 12.8 Å². The molecule has 0 aliphatic heterocycles. The van der Waals surface area contributed by atoms with Crippen LogP contribution in [0.25, 0.3) is 0 Å². The van der Waals surface area contributed by atoms with Crippen LogP contribution in [0.1, 0.15) is 38.2 Å². The largest absolute Gasteiger partial charge is 0.326 e. The highest BCUT2D eigenvalue weighted by atomic mass is 16.2. The van der Waals surface area contributed by atoms with E-state index in [0.29, 0.717) is 6.54 Å². The first kappa shape index (κ1) is 16.5. The summed E-state index contributed by atoms with van der Waals surface area (Å²) in [6.45, 7) is 5.17. The highest BCUT2D eigenvalue weighted by Crippen LogP contribution is 2.31. The molecule has 0 saturated heterocycles. The molecule has 3 N–H and O–H groups in total. The van der Waals surface area contributed by atoms with E-state index in [4.69, 9.17) is 0 Å². The fourth-order valence-electron chi connectivity index (χ4n) is 2.18. The Morgan fingerprint density at radius 2 is 1.86 bits per heavy atom. The molecule has 5 nitrogen and oxygen atoms in total. The number of anilines is 2. The molecule has 0 aromatic heterocycles. The molecule has 1 saturated carbocycles. The molecular formula is C17H25N3O2. The number of amides is 2. The summed E-state index contributed by atoms with van der Waals surface area (Å²) in [6.07, 6.45) is 4.13. The standard InChI is InChI=1S/C17H25N3O2/c1-3-4-10-18-11-16(21)19-14-6-5-7-15(12(14)2)20-17(22)13-8-9-13/h5-7,13,18H,3-4,8-11H2,1-2H3,(H,19,21)(H,20,22). The maximum Gasteiger partial charge on any atom is 0.238 e. The lowest BCUT2D eigenvalue weighted by Gasteiger charge is -2.13. The van der Waals surface area contributed by atoms with Gasteiger partial charge in [0.15, 0.2) is 0 Å². The lowest BCUT2D eigenvalue weighted by atomic mass is 10.1. The average Bonchev–Trinajstić information content (AvgIpc) is 3.32. The first-order valence-electron chi connectivity index (χ1n) is 8.03. The summed E-state index contributed by atoms with van der Waals surface area (Å²) in [7, 11) is 0. The summed E-state index contributed by atoms with van der Waals surface area (Å²) < 4.78 is 0. The Balaban J connectivity index is 1.90. The average molecular weight is 303 g/mol. The number of hydrogen-bond donors (Lipinski definition) is 3. The molecule has 0 radical (unpaired) electrons. The van der Waals surface area contributed by atoms with Crippen LogP contribution in [0.15, 0.2) is 18.2 Å². The molecule has 2 amide bonds. The number of rotatable bonds is 8. The van der Waals surface area contributed by atoms with Crippen LogP contribution in [0.5, 0.6) is 0 Å². The molecule has 1 aliphatic rings. The van der Waals surface area contributed by atoms with Crippen molar-refractivity contribution in [3.63, 3.8) is 0 Å². The number of hydrogen-bond acceptors (Lipinski definition) is 3. The molecule has 0 unspecified atom stereocenters. The van der Waals surface area contributed by atoms with Crippen molar-refractivity contribution in [1.82, 2.24) is 5.32 Å². The van der Waals surface area contributed by atoms with E-state index in [-0.39, 0.29) is 17.7 Å². The molecule has 0 atom stereocenters. The van der Waals surface area contributed by atoms with Crippen LogP contribution >= 0.6 is 0 Å². The number of nitrogens with one attached hydrogen (secondary N) is 3. The number of unbranched alkanes of at least 4 members (excludes halogenated alkanes) is 1. The second-order valence-corrected chi connectivity index (χ2v) is 5.82. The SMILES string of the molecule is CCCCNCC(=O)Nc1cccc(NC(=O)C2CC2)c1C. The van der Waals surface area contributed by atoms with Gasteiger partial charge in [-0.25, -0.2) is 0 Å². The van der Waals surface area contributed by atoms with Gasteiger partial charge in [-0.2, -0.15) is 0 Å². The molecule has 1 aromatic carbocycles. The van der Waals surface area contributed by atoms with Crippen LogP contribution in [-0.2, 0) is 9.59 Å². The van der Waals surface area contributed by atoms with Crippen LogP contribution in [0.4, 0.5) is 11.4 Å². The molecule has 0 heterocycles. The zero-order valence-corrected chi connectivity index (χ0v) is 13.4. The van der Waals surface area contributed by atoms with Crippen molar-refractivity contribution in [3.05, 3.63) is 23.8 Å². The van der Waals surface area contributed by atoms with Gasteiger partial charge in [-0.1, -0.05) is 19.4 Å². The van der Waals surface area contributed by atoms with Gasteiger partial charge in [0.25, 0.3) is 0 Å². The van der Waals surface area contributed by atoms with E-state index in [1.54, 1.807) is 0 Å². The molecule has 0 bridgehead atoms. The Morgan fingerprint density at radius 3 is 2.50 bits per heavy atom. The Hall–Kier alpha value is -1.88. The van der Waals surface area contributed by atoms with E-state index in [1.165, 1.54) is 0 Å². The minimum absolute atomic E-state index is 0.0649. The molecule has 5 heteroatoms. The smallest absolute Gasteiger partial charge is 0.238 e. The van der Waals surface area contributed by atoms with Gasteiger partial charge in [0.2, 0.25) is 11.8 Å². The summed E-state index contributed by atoms with van der Waals surface area (Å²) in [4.78, 5) is 23.8. The van der Waals surface area contributed by atoms with Gasteiger partial charge in [0.05, 0.1) is 6.54 Å². The monoisotopic (exact) mass is 303 g/mol. The zero-order valence-electron chi connectivity index (χ0n) is 13.4. The summed E-state index contributed by atoms with van der Waals surface area (Å²) in [5.74, 6) is 0.179. The number of carbonyl (C=O) groups excluding carboxylic acids is 2. The molecule has 1 fully saturated rings. The third-order valence-corrected chi connectivity index (χ3v) is 3.81. The van der Waals surface area contributed by atoms with Gasteiger partial charge in [-0.05, 0) is 50.4 Å². The summed E-state index contributed by atoms with van der Waals surface area (Å²) in [6, 6.07) is 5.56. The zero-order chi connectivity index (χ0) is 15.9. The topological polar surface area (TPSA) is 70.2 Å². The molecule has 120 valence electrons. The Bertz CT molecular complexity index is 539. The third-order valence-electron chi connectivity index (χ3n) is 3.81. The van der Waals surface area contributed by atoms with Gasteiger partial charge < -0.3 is 16.0 Å². The first-order chi connectivity index (χ1) is 10.6. The van der Waals surface area contributed by atoms with E-state index < -0.39 is 0 Å². The molecule has 0 spiro atoms. The summed E-state index contributed by atoms with van der Waals surface area (Å²) >= 11 is 0. The predicted molar refractivity (Wildman–Crippen MR) is 88.9 cm³/mol. The highest BCUT2D eigenvalue weighted by Gasteiger charge is 2.29. The van der Waals surface area contributed by atoms with Crippen molar-refractivity contribution in [2.75, 3.05) is 23.7 Å². The Morgan fingerprint density at radius 1 is 1.18 bits per heavy atom. The van der Waals surface area contributed by atoms with E-state index in [1.807, 2.05) is 25.1 Å². The van der Waals surface area contributed by atoms with Crippen LogP contribution in [-0.4, -0.2) is 24.9 Å². The quantitative estimate of drug-likeness (QED) is 0.647. The van der Waals surface area contributed by atoms with Crippen molar-refractivity contribution in [3.8, 4) is 0 Å².